The Balaban J connectivity index is 1.78. The van der Waals surface area contributed by atoms with Gasteiger partial charge in [-0.2, -0.15) is 0 Å². The number of aromatic nitrogens is 1. The Bertz CT molecular complexity index is 1110. The molecular formula is C23H23ClN2O4S. The highest BCUT2D eigenvalue weighted by atomic mass is 35.5. The van der Waals surface area contributed by atoms with Crippen LogP contribution < -0.4 is 10.9 Å². The van der Waals surface area contributed by atoms with Crippen LogP contribution in [0.1, 0.15) is 30.1 Å². The smallest absolute Gasteiger partial charge is 0.329 e. The van der Waals surface area contributed by atoms with E-state index in [0.717, 1.165) is 23.1 Å². The molecule has 8 heteroatoms. The highest BCUT2D eigenvalue weighted by Crippen LogP contribution is 2.26. The average molecular weight is 459 g/mol. The standard InChI is InChI=1S/C23H23ClN2O4S/c1-2-3-12-30-23(29)19(26-22(28)15-8-10-16(24)11-9-15)14-31-20-13-21(27)25-18-7-5-4-6-17(18)20/h4-11,13,19H,2-3,12,14H2,1H3,(H,25,27)(H,26,28). The summed E-state index contributed by atoms with van der Waals surface area (Å²) in [4.78, 5) is 40.8. The van der Waals surface area contributed by atoms with Crippen molar-refractivity contribution < 1.29 is 14.3 Å². The lowest BCUT2D eigenvalue weighted by Gasteiger charge is -2.18. The number of pyridine rings is 1. The number of H-pyrrole nitrogens is 1. The minimum Gasteiger partial charge on any atom is -0.464 e. The number of carbonyl (C=O) groups excluding carboxylic acids is 2. The summed E-state index contributed by atoms with van der Waals surface area (Å²) in [7, 11) is 0. The van der Waals surface area contributed by atoms with Crippen molar-refractivity contribution in [1.29, 1.82) is 0 Å². The molecule has 0 radical (unpaired) electrons. The van der Waals surface area contributed by atoms with Crippen molar-refractivity contribution >= 4 is 46.1 Å². The van der Waals surface area contributed by atoms with Gasteiger partial charge in [0.1, 0.15) is 6.04 Å². The molecule has 162 valence electrons. The maximum atomic E-state index is 12.7. The van der Waals surface area contributed by atoms with E-state index >= 15 is 0 Å². The number of carbonyl (C=O) groups is 2. The zero-order valence-corrected chi connectivity index (χ0v) is 18.6. The maximum Gasteiger partial charge on any atom is 0.329 e. The molecule has 1 heterocycles. The number of nitrogens with one attached hydrogen (secondary N) is 2. The van der Waals surface area contributed by atoms with Crippen LogP contribution in [0.3, 0.4) is 0 Å². The summed E-state index contributed by atoms with van der Waals surface area (Å²) < 4.78 is 5.34. The summed E-state index contributed by atoms with van der Waals surface area (Å²) in [5, 5.41) is 4.14. The lowest BCUT2D eigenvalue weighted by atomic mass is 10.2. The van der Waals surface area contributed by atoms with Crippen molar-refractivity contribution in [2.75, 3.05) is 12.4 Å². The van der Waals surface area contributed by atoms with Crippen molar-refractivity contribution in [3.05, 3.63) is 75.5 Å². The van der Waals surface area contributed by atoms with E-state index in [-0.39, 0.29) is 11.3 Å². The summed E-state index contributed by atoms with van der Waals surface area (Å²) in [6, 6.07) is 14.5. The zero-order chi connectivity index (χ0) is 22.2. The van der Waals surface area contributed by atoms with Gasteiger partial charge >= 0.3 is 5.97 Å². The molecule has 0 saturated carbocycles. The largest absolute Gasteiger partial charge is 0.464 e. The van der Waals surface area contributed by atoms with Crippen molar-refractivity contribution in [3.8, 4) is 0 Å². The second-order valence-electron chi connectivity index (χ2n) is 6.91. The number of hydrogen-bond donors (Lipinski definition) is 2. The predicted octanol–water partition coefficient (Wildman–Crippen LogP) is 4.42. The Morgan fingerprint density at radius 2 is 1.90 bits per heavy atom. The van der Waals surface area contributed by atoms with E-state index in [9.17, 15) is 14.4 Å². The fourth-order valence-electron chi connectivity index (χ4n) is 2.89. The lowest BCUT2D eigenvalue weighted by molar-refractivity contribution is -0.145. The molecular weight excluding hydrogens is 436 g/mol. The molecule has 3 aromatic rings. The van der Waals surface area contributed by atoms with Gasteiger partial charge in [0.25, 0.3) is 5.91 Å². The number of benzene rings is 2. The number of halogens is 1. The molecule has 3 rings (SSSR count). The highest BCUT2D eigenvalue weighted by molar-refractivity contribution is 7.99. The third-order valence-electron chi connectivity index (χ3n) is 4.56. The first-order chi connectivity index (χ1) is 15.0. The number of ether oxygens (including phenoxy) is 1. The number of thioether (sulfide) groups is 1. The summed E-state index contributed by atoms with van der Waals surface area (Å²) in [6.07, 6.45) is 1.64. The van der Waals surface area contributed by atoms with Gasteiger partial charge in [-0.15, -0.1) is 11.8 Å². The van der Waals surface area contributed by atoms with Crippen LogP contribution in [0.15, 0.2) is 64.3 Å². The van der Waals surface area contributed by atoms with Crippen LogP contribution in [0.25, 0.3) is 10.9 Å². The number of para-hydroxylation sites is 1. The minimum absolute atomic E-state index is 0.220. The Hall–Kier alpha value is -2.77. The predicted molar refractivity (Wildman–Crippen MR) is 124 cm³/mol. The Morgan fingerprint density at radius 1 is 1.16 bits per heavy atom. The molecule has 1 unspecified atom stereocenters. The monoisotopic (exact) mass is 458 g/mol. The van der Waals surface area contributed by atoms with Crippen LogP contribution in [-0.2, 0) is 9.53 Å². The summed E-state index contributed by atoms with van der Waals surface area (Å²) >= 11 is 7.21. The van der Waals surface area contributed by atoms with Crippen molar-refractivity contribution in [1.82, 2.24) is 10.3 Å². The van der Waals surface area contributed by atoms with E-state index in [2.05, 4.69) is 10.3 Å². The fourth-order valence-corrected chi connectivity index (χ4v) is 4.11. The van der Waals surface area contributed by atoms with Crippen LogP contribution in [0.2, 0.25) is 5.02 Å². The summed E-state index contributed by atoms with van der Waals surface area (Å²) in [6.45, 7) is 2.29. The van der Waals surface area contributed by atoms with E-state index < -0.39 is 17.9 Å². The molecule has 1 aromatic heterocycles. The molecule has 31 heavy (non-hydrogen) atoms. The maximum absolute atomic E-state index is 12.7. The summed E-state index contributed by atoms with van der Waals surface area (Å²) in [5.74, 6) is -0.680. The normalized spacial score (nSPS) is 11.8. The first kappa shape index (κ1) is 22.9. The average Bonchev–Trinajstić information content (AvgIpc) is 2.76. The fraction of sp³-hybridized carbons (Fsp3) is 0.261. The molecule has 0 bridgehead atoms. The molecule has 0 aliphatic rings. The van der Waals surface area contributed by atoms with Gasteiger partial charge in [0.05, 0.1) is 6.61 Å². The number of amides is 1. The number of fused-ring (bicyclic) bond motifs is 1. The van der Waals surface area contributed by atoms with Gasteiger partial charge in [-0.1, -0.05) is 43.1 Å². The van der Waals surface area contributed by atoms with E-state index in [4.69, 9.17) is 16.3 Å². The van der Waals surface area contributed by atoms with E-state index in [1.54, 1.807) is 24.3 Å². The molecule has 1 atom stereocenters. The number of rotatable bonds is 9. The molecule has 0 aliphatic carbocycles. The van der Waals surface area contributed by atoms with Crippen molar-refractivity contribution in [2.45, 2.75) is 30.7 Å². The number of aromatic amines is 1. The minimum atomic E-state index is -0.872. The summed E-state index contributed by atoms with van der Waals surface area (Å²) in [5.41, 5.74) is 0.876. The van der Waals surface area contributed by atoms with E-state index in [1.807, 2.05) is 31.2 Å². The molecule has 0 aliphatic heterocycles. The van der Waals surface area contributed by atoms with Crippen LogP contribution in [-0.4, -0.2) is 35.3 Å². The molecule has 2 aromatic carbocycles. The van der Waals surface area contributed by atoms with Gasteiger partial charge in [0, 0.05) is 38.2 Å². The van der Waals surface area contributed by atoms with Crippen LogP contribution in [0.4, 0.5) is 0 Å². The first-order valence-electron chi connectivity index (χ1n) is 9.96. The van der Waals surface area contributed by atoms with Crippen LogP contribution in [0, 0.1) is 0 Å². The van der Waals surface area contributed by atoms with Gasteiger partial charge in [0.15, 0.2) is 0 Å². The second-order valence-corrected chi connectivity index (χ2v) is 8.41. The van der Waals surface area contributed by atoms with Gasteiger partial charge in [-0.05, 0) is 36.8 Å². The zero-order valence-electron chi connectivity index (χ0n) is 17.0. The third kappa shape index (κ3) is 6.35. The first-order valence-corrected chi connectivity index (χ1v) is 11.3. The molecule has 0 fully saturated rings. The second kappa shape index (κ2) is 11.0. The molecule has 0 saturated heterocycles. The van der Waals surface area contributed by atoms with Crippen molar-refractivity contribution in [3.63, 3.8) is 0 Å². The SMILES string of the molecule is CCCCOC(=O)C(CSc1cc(=O)[nH]c2ccccc12)NC(=O)c1ccc(Cl)cc1. The highest BCUT2D eigenvalue weighted by Gasteiger charge is 2.24. The van der Waals surface area contributed by atoms with E-state index in [1.165, 1.54) is 17.8 Å². The molecule has 0 spiro atoms. The number of esters is 1. The van der Waals surface area contributed by atoms with Gasteiger partial charge in [-0.25, -0.2) is 4.79 Å². The van der Waals surface area contributed by atoms with E-state index in [0.29, 0.717) is 22.7 Å². The third-order valence-corrected chi connectivity index (χ3v) is 5.96. The van der Waals surface area contributed by atoms with Crippen LogP contribution >= 0.6 is 23.4 Å². The molecule has 1 amide bonds. The van der Waals surface area contributed by atoms with Gasteiger partial charge < -0.3 is 15.0 Å². The van der Waals surface area contributed by atoms with Crippen LogP contribution in [0.5, 0.6) is 0 Å². The Labute approximate surface area is 189 Å². The van der Waals surface area contributed by atoms with Gasteiger partial charge in [0.2, 0.25) is 5.56 Å². The lowest BCUT2D eigenvalue weighted by Crippen LogP contribution is -2.43. The number of unbranched alkanes of at least 4 members (excludes halogenated alkanes) is 1. The Kier molecular flexibility index (Phi) is 8.14. The van der Waals surface area contributed by atoms with Gasteiger partial charge in [-0.3, -0.25) is 9.59 Å². The molecule has 2 N–H and O–H groups in total. The molecule has 6 nitrogen and oxygen atoms in total. The topological polar surface area (TPSA) is 88.3 Å². The quantitative estimate of drug-likeness (QED) is 0.281. The van der Waals surface area contributed by atoms with Crippen molar-refractivity contribution in [2.24, 2.45) is 0 Å². The number of hydrogen-bond acceptors (Lipinski definition) is 5. The Morgan fingerprint density at radius 3 is 2.65 bits per heavy atom.